The average molecular weight is 270 g/mol. The smallest absolute Gasteiger partial charge is 0.236 e. The molecule has 0 radical (unpaired) electrons. The highest BCUT2D eigenvalue weighted by Gasteiger charge is 2.19. The van der Waals surface area contributed by atoms with Crippen LogP contribution in [0.4, 0.5) is 5.69 Å². The summed E-state index contributed by atoms with van der Waals surface area (Å²) in [6, 6.07) is 9.22. The normalized spacial score (nSPS) is 11.4. The molecule has 0 spiro atoms. The topological polar surface area (TPSA) is 49.4 Å². The van der Waals surface area contributed by atoms with Crippen LogP contribution in [0.5, 0.6) is 0 Å². The Morgan fingerprint density at radius 2 is 1.78 bits per heavy atom. The molecule has 0 unspecified atom stereocenters. The number of para-hydroxylation sites is 1. The summed E-state index contributed by atoms with van der Waals surface area (Å²) >= 11 is 0. The van der Waals surface area contributed by atoms with Gasteiger partial charge in [0, 0.05) is 13.1 Å². The van der Waals surface area contributed by atoms with E-state index in [2.05, 4.69) is 12.2 Å². The van der Waals surface area contributed by atoms with Crippen LogP contribution in [0.2, 0.25) is 0 Å². The lowest BCUT2D eigenvalue weighted by atomic mass is 10.3. The van der Waals surface area contributed by atoms with Crippen LogP contribution in [0, 0.1) is 0 Å². The fourth-order valence-electron chi connectivity index (χ4n) is 1.75. The summed E-state index contributed by atoms with van der Waals surface area (Å²) in [7, 11) is -3.24. The van der Waals surface area contributed by atoms with Gasteiger partial charge in [-0.1, -0.05) is 25.1 Å². The standard InChI is InChI=1S/C13H22N2O2S/c1-3-10-14-11-12-18(16,17)15(4-2)13-8-6-5-7-9-13/h5-9,14H,3-4,10-12H2,1-2H3. The second-order valence-electron chi connectivity index (χ2n) is 4.07. The van der Waals surface area contributed by atoms with E-state index in [1.54, 1.807) is 0 Å². The number of sulfonamides is 1. The van der Waals surface area contributed by atoms with Gasteiger partial charge in [-0.25, -0.2) is 8.42 Å². The van der Waals surface area contributed by atoms with E-state index in [4.69, 9.17) is 0 Å². The molecule has 102 valence electrons. The van der Waals surface area contributed by atoms with Gasteiger partial charge in [0.25, 0.3) is 0 Å². The van der Waals surface area contributed by atoms with E-state index in [0.717, 1.165) is 18.7 Å². The van der Waals surface area contributed by atoms with Gasteiger partial charge in [-0.3, -0.25) is 4.31 Å². The molecule has 0 aliphatic carbocycles. The molecule has 1 rings (SSSR count). The van der Waals surface area contributed by atoms with Crippen molar-refractivity contribution in [2.24, 2.45) is 0 Å². The first-order valence-corrected chi connectivity index (χ1v) is 7.99. The summed E-state index contributed by atoms with van der Waals surface area (Å²) in [4.78, 5) is 0. The molecule has 1 N–H and O–H groups in total. The minimum Gasteiger partial charge on any atom is -0.316 e. The first kappa shape index (κ1) is 15.0. The summed E-state index contributed by atoms with van der Waals surface area (Å²) in [5.41, 5.74) is 0.732. The second kappa shape index (κ2) is 7.38. The molecular formula is C13H22N2O2S. The Morgan fingerprint density at radius 3 is 2.33 bits per heavy atom. The van der Waals surface area contributed by atoms with Gasteiger partial charge in [0.1, 0.15) is 0 Å². The van der Waals surface area contributed by atoms with Crippen molar-refractivity contribution in [3.63, 3.8) is 0 Å². The zero-order valence-electron chi connectivity index (χ0n) is 11.1. The maximum Gasteiger partial charge on any atom is 0.236 e. The average Bonchev–Trinajstić information content (AvgIpc) is 2.36. The van der Waals surface area contributed by atoms with Gasteiger partial charge in [-0.05, 0) is 32.0 Å². The third-order valence-corrected chi connectivity index (χ3v) is 4.49. The van der Waals surface area contributed by atoms with Gasteiger partial charge in [-0.2, -0.15) is 0 Å². The lowest BCUT2D eigenvalue weighted by molar-refractivity contribution is 0.586. The predicted octanol–water partition coefficient (Wildman–Crippen LogP) is 1.84. The summed E-state index contributed by atoms with van der Waals surface area (Å²) in [6.45, 7) is 5.72. The van der Waals surface area contributed by atoms with Gasteiger partial charge in [-0.15, -0.1) is 0 Å². The Kier molecular flexibility index (Phi) is 6.15. The van der Waals surface area contributed by atoms with Gasteiger partial charge >= 0.3 is 0 Å². The zero-order valence-corrected chi connectivity index (χ0v) is 11.9. The van der Waals surface area contributed by atoms with Crippen molar-refractivity contribution in [2.45, 2.75) is 20.3 Å². The van der Waals surface area contributed by atoms with Gasteiger partial charge in [0.2, 0.25) is 10.0 Å². The van der Waals surface area contributed by atoms with Crippen molar-refractivity contribution in [3.8, 4) is 0 Å². The second-order valence-corrected chi connectivity index (χ2v) is 6.08. The number of benzene rings is 1. The first-order chi connectivity index (χ1) is 8.61. The molecule has 0 atom stereocenters. The van der Waals surface area contributed by atoms with Crippen molar-refractivity contribution < 1.29 is 8.42 Å². The largest absolute Gasteiger partial charge is 0.316 e. The highest BCUT2D eigenvalue weighted by Crippen LogP contribution is 2.16. The predicted molar refractivity (Wildman–Crippen MR) is 76.4 cm³/mol. The molecule has 0 amide bonds. The van der Waals surface area contributed by atoms with E-state index in [1.807, 2.05) is 37.3 Å². The summed E-state index contributed by atoms with van der Waals surface area (Å²) < 4.78 is 25.9. The molecule has 0 aromatic heterocycles. The Labute approximate surface area is 110 Å². The number of rotatable bonds is 8. The molecule has 0 heterocycles. The highest BCUT2D eigenvalue weighted by molar-refractivity contribution is 7.92. The Hall–Kier alpha value is -1.07. The quantitative estimate of drug-likeness (QED) is 0.733. The van der Waals surface area contributed by atoms with Gasteiger partial charge in [0.05, 0.1) is 11.4 Å². The lowest BCUT2D eigenvalue weighted by Gasteiger charge is -2.22. The number of hydrogen-bond acceptors (Lipinski definition) is 3. The monoisotopic (exact) mass is 270 g/mol. The Morgan fingerprint density at radius 1 is 1.11 bits per heavy atom. The third kappa shape index (κ3) is 4.31. The molecule has 0 aliphatic heterocycles. The Bertz CT molecular complexity index is 432. The molecular weight excluding hydrogens is 248 g/mol. The summed E-state index contributed by atoms with van der Waals surface area (Å²) in [5.74, 6) is 0.135. The van der Waals surface area contributed by atoms with Crippen molar-refractivity contribution >= 4 is 15.7 Å². The van der Waals surface area contributed by atoms with E-state index in [0.29, 0.717) is 13.1 Å². The first-order valence-electron chi connectivity index (χ1n) is 6.38. The molecule has 1 aromatic rings. The molecule has 4 nitrogen and oxygen atoms in total. The number of hydrogen-bond donors (Lipinski definition) is 1. The molecule has 1 aromatic carbocycles. The molecule has 0 saturated heterocycles. The van der Waals surface area contributed by atoms with Crippen LogP contribution in [0.25, 0.3) is 0 Å². The molecule has 0 aliphatic rings. The van der Waals surface area contributed by atoms with Crippen molar-refractivity contribution in [2.75, 3.05) is 29.7 Å². The summed E-state index contributed by atoms with van der Waals surface area (Å²) in [6.07, 6.45) is 1.01. The third-order valence-electron chi connectivity index (χ3n) is 2.63. The van der Waals surface area contributed by atoms with Crippen LogP contribution < -0.4 is 9.62 Å². The van der Waals surface area contributed by atoms with E-state index < -0.39 is 10.0 Å². The van der Waals surface area contributed by atoms with Crippen molar-refractivity contribution in [3.05, 3.63) is 30.3 Å². The summed E-state index contributed by atoms with van der Waals surface area (Å²) in [5, 5.41) is 3.12. The number of anilines is 1. The number of nitrogens with zero attached hydrogens (tertiary/aromatic N) is 1. The molecule has 0 saturated carbocycles. The number of nitrogens with one attached hydrogen (secondary N) is 1. The van der Waals surface area contributed by atoms with Crippen LogP contribution >= 0.6 is 0 Å². The fourth-order valence-corrected chi connectivity index (χ4v) is 3.21. The zero-order chi connectivity index (χ0) is 13.4. The van der Waals surface area contributed by atoms with Crippen LogP contribution in [-0.4, -0.2) is 33.8 Å². The van der Waals surface area contributed by atoms with Crippen molar-refractivity contribution in [1.29, 1.82) is 0 Å². The van der Waals surface area contributed by atoms with E-state index >= 15 is 0 Å². The molecule has 5 heteroatoms. The van der Waals surface area contributed by atoms with Crippen LogP contribution in [0.1, 0.15) is 20.3 Å². The molecule has 0 fully saturated rings. The van der Waals surface area contributed by atoms with E-state index in [1.165, 1.54) is 4.31 Å². The van der Waals surface area contributed by atoms with Gasteiger partial charge in [0.15, 0.2) is 0 Å². The fraction of sp³-hybridized carbons (Fsp3) is 0.538. The van der Waals surface area contributed by atoms with E-state index in [-0.39, 0.29) is 5.75 Å². The van der Waals surface area contributed by atoms with Crippen LogP contribution in [-0.2, 0) is 10.0 Å². The van der Waals surface area contributed by atoms with Gasteiger partial charge < -0.3 is 5.32 Å². The van der Waals surface area contributed by atoms with Crippen LogP contribution in [0.3, 0.4) is 0 Å². The Balaban J connectivity index is 2.69. The molecule has 18 heavy (non-hydrogen) atoms. The molecule has 0 bridgehead atoms. The minimum absolute atomic E-state index is 0.135. The lowest BCUT2D eigenvalue weighted by Crippen LogP contribution is -2.36. The highest BCUT2D eigenvalue weighted by atomic mass is 32.2. The van der Waals surface area contributed by atoms with E-state index in [9.17, 15) is 8.42 Å². The van der Waals surface area contributed by atoms with Crippen molar-refractivity contribution in [1.82, 2.24) is 5.32 Å². The maximum atomic E-state index is 12.2. The maximum absolute atomic E-state index is 12.2. The SMILES string of the molecule is CCCNCCS(=O)(=O)N(CC)c1ccccc1. The van der Waals surface area contributed by atoms with Crippen LogP contribution in [0.15, 0.2) is 30.3 Å². The minimum atomic E-state index is -3.24.